The molecule has 1 amide bonds. The first-order valence-corrected chi connectivity index (χ1v) is 10.8. The molecule has 0 radical (unpaired) electrons. The molecule has 2 fully saturated rings. The van der Waals surface area contributed by atoms with Gasteiger partial charge in [0.05, 0.1) is 13.0 Å². The zero-order valence-electron chi connectivity index (χ0n) is 18.6. The Morgan fingerprint density at radius 1 is 1.27 bits per heavy atom. The van der Waals surface area contributed by atoms with Crippen LogP contribution in [-0.2, 0) is 0 Å². The summed E-state index contributed by atoms with van der Waals surface area (Å²) in [5.41, 5.74) is 1.65. The molecule has 2 saturated heterocycles. The van der Waals surface area contributed by atoms with Crippen molar-refractivity contribution < 1.29 is 13.9 Å². The molecule has 1 atom stereocenters. The lowest BCUT2D eigenvalue weighted by Crippen LogP contribution is -2.42. The van der Waals surface area contributed by atoms with Crippen molar-refractivity contribution in [2.24, 2.45) is 5.41 Å². The molecule has 4 rings (SSSR count). The molecule has 0 aliphatic carbocycles. The number of carbonyl (C=O) groups excluding carboxylic acids is 1. The van der Waals surface area contributed by atoms with Gasteiger partial charge in [-0.1, -0.05) is 13.8 Å². The van der Waals surface area contributed by atoms with Gasteiger partial charge in [0.1, 0.15) is 5.75 Å². The minimum absolute atomic E-state index is 0.0106. The summed E-state index contributed by atoms with van der Waals surface area (Å²) < 4.78 is 11.4. The standard InChI is InChI=1S/C23H32N4O3/c1-15(2)20-24-25-21(30-20)19-13-27(14-23(19)8-10-26(4)11-9-23)22(28)18-7-6-17(29-5)12-16(18)3/h6-7,12,15,19H,8-11,13-14H2,1-5H3/t19-/m1/s1. The van der Waals surface area contributed by atoms with E-state index in [0.717, 1.165) is 49.4 Å². The van der Waals surface area contributed by atoms with Crippen LogP contribution in [0.1, 0.15) is 66.2 Å². The lowest BCUT2D eigenvalue weighted by atomic mass is 9.71. The minimum Gasteiger partial charge on any atom is -0.497 e. The molecule has 7 heteroatoms. The smallest absolute Gasteiger partial charge is 0.254 e. The average Bonchev–Trinajstić information content (AvgIpc) is 3.35. The molecular weight excluding hydrogens is 380 g/mol. The molecule has 0 bridgehead atoms. The Hall–Kier alpha value is -2.41. The molecule has 3 heterocycles. The van der Waals surface area contributed by atoms with Gasteiger partial charge in [-0.15, -0.1) is 10.2 Å². The van der Waals surface area contributed by atoms with E-state index in [-0.39, 0.29) is 23.2 Å². The molecule has 2 aromatic rings. The summed E-state index contributed by atoms with van der Waals surface area (Å²) in [6.45, 7) is 9.46. The number of likely N-dealkylation sites (tertiary alicyclic amines) is 2. The van der Waals surface area contributed by atoms with E-state index in [1.807, 2.05) is 30.0 Å². The number of carbonyl (C=O) groups is 1. The summed E-state index contributed by atoms with van der Waals surface area (Å²) in [7, 11) is 3.80. The van der Waals surface area contributed by atoms with Crippen LogP contribution in [0.3, 0.4) is 0 Å². The van der Waals surface area contributed by atoms with Crippen LogP contribution >= 0.6 is 0 Å². The SMILES string of the molecule is COc1ccc(C(=O)N2C[C@H](c3nnc(C(C)C)o3)C3(CCN(C)CC3)C2)c(C)c1. The summed E-state index contributed by atoms with van der Waals surface area (Å²) in [5.74, 6) is 2.46. The van der Waals surface area contributed by atoms with Crippen molar-refractivity contribution in [1.82, 2.24) is 20.0 Å². The van der Waals surface area contributed by atoms with Gasteiger partial charge in [0.2, 0.25) is 11.8 Å². The summed E-state index contributed by atoms with van der Waals surface area (Å²) in [4.78, 5) is 17.8. The third-order valence-corrected chi connectivity index (χ3v) is 6.83. The third-order valence-electron chi connectivity index (χ3n) is 6.83. The van der Waals surface area contributed by atoms with Gasteiger partial charge in [-0.25, -0.2) is 0 Å². The fourth-order valence-electron chi connectivity index (χ4n) is 4.83. The maximum atomic E-state index is 13.5. The molecule has 2 aliphatic heterocycles. The van der Waals surface area contributed by atoms with Gasteiger partial charge in [0.15, 0.2) is 0 Å². The first kappa shape index (κ1) is 20.8. The highest BCUT2D eigenvalue weighted by molar-refractivity contribution is 5.96. The van der Waals surface area contributed by atoms with Crippen LogP contribution in [0.25, 0.3) is 0 Å². The number of ether oxygens (including phenoxy) is 1. The van der Waals surface area contributed by atoms with Gasteiger partial charge < -0.3 is 19.0 Å². The van der Waals surface area contributed by atoms with Gasteiger partial charge in [-0.2, -0.15) is 0 Å². The van der Waals surface area contributed by atoms with Crippen molar-refractivity contribution in [2.45, 2.75) is 45.4 Å². The van der Waals surface area contributed by atoms with E-state index in [1.54, 1.807) is 7.11 Å². The maximum absolute atomic E-state index is 13.5. The van der Waals surface area contributed by atoms with E-state index in [0.29, 0.717) is 18.3 Å². The van der Waals surface area contributed by atoms with Gasteiger partial charge in [-0.3, -0.25) is 4.79 Å². The molecule has 2 aliphatic rings. The number of amides is 1. The third kappa shape index (κ3) is 3.71. The topological polar surface area (TPSA) is 71.7 Å². The van der Waals surface area contributed by atoms with Crippen molar-refractivity contribution in [3.05, 3.63) is 41.1 Å². The number of aryl methyl sites for hydroxylation is 1. The minimum atomic E-state index is -0.0106. The monoisotopic (exact) mass is 412 g/mol. The van der Waals surface area contributed by atoms with Gasteiger partial charge >= 0.3 is 0 Å². The molecule has 162 valence electrons. The van der Waals surface area contributed by atoms with Crippen LogP contribution in [0.5, 0.6) is 5.75 Å². The van der Waals surface area contributed by atoms with Crippen LogP contribution in [0.2, 0.25) is 0 Å². The van der Waals surface area contributed by atoms with E-state index < -0.39 is 0 Å². The van der Waals surface area contributed by atoms with E-state index in [4.69, 9.17) is 9.15 Å². The van der Waals surface area contributed by atoms with E-state index in [2.05, 4.69) is 36.0 Å². The Bertz CT molecular complexity index is 915. The van der Waals surface area contributed by atoms with Crippen LogP contribution in [0, 0.1) is 12.3 Å². The van der Waals surface area contributed by atoms with Crippen molar-refractivity contribution in [3.63, 3.8) is 0 Å². The van der Waals surface area contributed by atoms with E-state index >= 15 is 0 Å². The van der Waals surface area contributed by atoms with E-state index in [9.17, 15) is 4.79 Å². The van der Waals surface area contributed by atoms with Gasteiger partial charge in [0.25, 0.3) is 5.91 Å². The lowest BCUT2D eigenvalue weighted by Gasteiger charge is -2.40. The second kappa shape index (κ2) is 8.02. The quantitative estimate of drug-likeness (QED) is 0.766. The van der Waals surface area contributed by atoms with Crippen molar-refractivity contribution >= 4 is 5.91 Å². The Morgan fingerprint density at radius 3 is 2.60 bits per heavy atom. The van der Waals surface area contributed by atoms with Crippen LogP contribution in [-0.4, -0.2) is 66.2 Å². The summed E-state index contributed by atoms with van der Waals surface area (Å²) in [6.07, 6.45) is 2.05. The molecule has 0 unspecified atom stereocenters. The molecule has 1 aromatic heterocycles. The van der Waals surface area contributed by atoms with Crippen LogP contribution in [0.15, 0.2) is 22.6 Å². The number of hydrogen-bond acceptors (Lipinski definition) is 6. The number of benzene rings is 1. The highest BCUT2D eigenvalue weighted by Gasteiger charge is 2.52. The van der Waals surface area contributed by atoms with Crippen LogP contribution < -0.4 is 4.74 Å². The molecule has 7 nitrogen and oxygen atoms in total. The maximum Gasteiger partial charge on any atom is 0.254 e. The fraction of sp³-hybridized carbons (Fsp3) is 0.609. The first-order chi connectivity index (χ1) is 14.3. The number of piperidine rings is 1. The second-order valence-corrected chi connectivity index (χ2v) is 9.22. The summed E-state index contributed by atoms with van der Waals surface area (Å²) in [5, 5.41) is 8.68. The van der Waals surface area contributed by atoms with Gasteiger partial charge in [0, 0.05) is 30.0 Å². The highest BCUT2D eigenvalue weighted by Crippen LogP contribution is 2.49. The Kier molecular flexibility index (Phi) is 5.57. The highest BCUT2D eigenvalue weighted by atomic mass is 16.5. The normalized spacial score (nSPS) is 21.5. The predicted molar refractivity (Wildman–Crippen MR) is 114 cm³/mol. The predicted octanol–water partition coefficient (Wildman–Crippen LogP) is 3.46. The zero-order valence-corrected chi connectivity index (χ0v) is 18.6. The van der Waals surface area contributed by atoms with Crippen molar-refractivity contribution in [2.75, 3.05) is 40.3 Å². The molecule has 1 aromatic carbocycles. The number of nitrogens with zero attached hydrogens (tertiary/aromatic N) is 4. The van der Waals surface area contributed by atoms with Crippen molar-refractivity contribution in [1.29, 1.82) is 0 Å². The molecule has 1 spiro atoms. The summed E-state index contributed by atoms with van der Waals surface area (Å²) >= 11 is 0. The number of methoxy groups -OCH3 is 1. The van der Waals surface area contributed by atoms with Gasteiger partial charge in [-0.05, 0) is 63.7 Å². The Morgan fingerprint density at radius 2 is 2.00 bits per heavy atom. The van der Waals surface area contributed by atoms with E-state index in [1.165, 1.54) is 0 Å². The number of rotatable bonds is 4. The Balaban J connectivity index is 1.64. The molecule has 30 heavy (non-hydrogen) atoms. The zero-order chi connectivity index (χ0) is 21.5. The second-order valence-electron chi connectivity index (χ2n) is 9.22. The first-order valence-electron chi connectivity index (χ1n) is 10.8. The molecule has 0 saturated carbocycles. The molecule has 0 N–H and O–H groups in total. The Labute approximate surface area is 178 Å². The average molecular weight is 413 g/mol. The lowest BCUT2D eigenvalue weighted by molar-refractivity contribution is 0.0726. The molecular formula is C23H32N4O3. The van der Waals surface area contributed by atoms with Crippen LogP contribution in [0.4, 0.5) is 0 Å². The largest absolute Gasteiger partial charge is 0.497 e. The number of aromatic nitrogens is 2. The fourth-order valence-corrected chi connectivity index (χ4v) is 4.83. The summed E-state index contributed by atoms with van der Waals surface area (Å²) in [6, 6.07) is 5.64. The van der Waals surface area contributed by atoms with Crippen molar-refractivity contribution in [3.8, 4) is 5.75 Å². The number of hydrogen-bond donors (Lipinski definition) is 0.